The predicted octanol–water partition coefficient (Wildman–Crippen LogP) is 2.48. The molecule has 0 aromatic carbocycles. The van der Waals surface area contributed by atoms with Crippen molar-refractivity contribution in [3.8, 4) is 0 Å². The van der Waals surface area contributed by atoms with E-state index in [0.29, 0.717) is 6.04 Å². The summed E-state index contributed by atoms with van der Waals surface area (Å²) in [5.41, 5.74) is 1.06. The molecule has 0 unspecified atom stereocenters. The number of aromatic nitrogens is 5. The van der Waals surface area contributed by atoms with E-state index in [0.717, 1.165) is 16.6 Å². The maximum Gasteiger partial charge on any atom is 0.209 e. The normalized spacial score (nSPS) is 16.2. The van der Waals surface area contributed by atoms with Gasteiger partial charge >= 0.3 is 0 Å². The minimum Gasteiger partial charge on any atom is -0.260 e. The molecule has 0 N–H and O–H groups in total. The van der Waals surface area contributed by atoms with Crippen LogP contribution in [0.1, 0.15) is 37.4 Å². The van der Waals surface area contributed by atoms with E-state index in [1.807, 2.05) is 29.1 Å². The molecule has 1 fully saturated rings. The summed E-state index contributed by atoms with van der Waals surface area (Å²) >= 11 is 1.66. The summed E-state index contributed by atoms with van der Waals surface area (Å²) in [5.74, 6) is 0.813. The summed E-state index contributed by atoms with van der Waals surface area (Å²) in [6.45, 7) is 0. The van der Waals surface area contributed by atoms with Gasteiger partial charge in [-0.25, -0.2) is 4.68 Å². The molecule has 0 saturated heterocycles. The van der Waals surface area contributed by atoms with Gasteiger partial charge in [0.1, 0.15) is 0 Å². The van der Waals surface area contributed by atoms with Crippen molar-refractivity contribution in [1.29, 1.82) is 0 Å². The Balaban J connectivity index is 1.68. The quantitative estimate of drug-likeness (QED) is 0.791. The largest absolute Gasteiger partial charge is 0.260 e. The van der Waals surface area contributed by atoms with Crippen LogP contribution in [0.15, 0.2) is 29.6 Å². The Kier molecular flexibility index (Phi) is 3.54. The van der Waals surface area contributed by atoms with Crippen molar-refractivity contribution in [3.05, 3.63) is 30.1 Å². The van der Waals surface area contributed by atoms with Crippen LogP contribution in [0.5, 0.6) is 0 Å². The van der Waals surface area contributed by atoms with Gasteiger partial charge in [0.25, 0.3) is 0 Å². The molecule has 1 aliphatic carbocycles. The molecule has 0 amide bonds. The minimum absolute atomic E-state index is 0.492. The van der Waals surface area contributed by atoms with Gasteiger partial charge in [-0.2, -0.15) is 0 Å². The molecule has 94 valence electrons. The molecule has 2 heterocycles. The lowest BCUT2D eigenvalue weighted by Crippen LogP contribution is -2.08. The van der Waals surface area contributed by atoms with Gasteiger partial charge in [-0.15, -0.1) is 5.10 Å². The van der Waals surface area contributed by atoms with Crippen LogP contribution >= 0.6 is 11.8 Å². The fraction of sp³-hybridized carbons (Fsp3) is 0.500. The Bertz CT molecular complexity index is 492. The second kappa shape index (κ2) is 5.48. The van der Waals surface area contributed by atoms with Crippen LogP contribution in [0.2, 0.25) is 0 Å². The molecule has 0 radical (unpaired) electrons. The van der Waals surface area contributed by atoms with Crippen LogP contribution in [0.25, 0.3) is 0 Å². The molecule has 0 bridgehead atoms. The molecule has 0 aliphatic heterocycles. The Labute approximate surface area is 110 Å². The number of rotatable bonds is 4. The smallest absolute Gasteiger partial charge is 0.209 e. The van der Waals surface area contributed by atoms with Gasteiger partial charge in [-0.1, -0.05) is 30.7 Å². The SMILES string of the molecule is c1ccc(CSc2nnnn2C2CCCC2)nc1. The third kappa shape index (κ3) is 2.53. The standard InChI is InChI=1S/C12H15N5S/c1-2-7-11(6-1)17-12(14-15-16-17)18-9-10-5-3-4-8-13-10/h3-5,8,11H,1-2,6-7,9H2. The molecule has 2 aromatic rings. The van der Waals surface area contributed by atoms with E-state index in [1.165, 1.54) is 25.7 Å². The van der Waals surface area contributed by atoms with E-state index < -0.39 is 0 Å². The van der Waals surface area contributed by atoms with Crippen molar-refractivity contribution < 1.29 is 0 Å². The maximum atomic E-state index is 4.31. The van der Waals surface area contributed by atoms with Gasteiger partial charge in [0.05, 0.1) is 11.7 Å². The average molecular weight is 261 g/mol. The first-order valence-corrected chi connectivity index (χ1v) is 7.22. The molecule has 1 saturated carbocycles. The molecule has 1 aliphatic rings. The fourth-order valence-electron chi connectivity index (χ4n) is 2.28. The average Bonchev–Trinajstić information content (AvgIpc) is 3.08. The zero-order valence-electron chi connectivity index (χ0n) is 10.1. The Hall–Kier alpha value is -1.43. The van der Waals surface area contributed by atoms with Crippen molar-refractivity contribution in [2.45, 2.75) is 42.6 Å². The monoisotopic (exact) mass is 261 g/mol. The van der Waals surface area contributed by atoms with E-state index in [1.54, 1.807) is 11.8 Å². The van der Waals surface area contributed by atoms with Crippen molar-refractivity contribution in [1.82, 2.24) is 25.2 Å². The third-order valence-corrected chi connectivity index (χ3v) is 4.18. The first-order valence-electron chi connectivity index (χ1n) is 6.24. The van der Waals surface area contributed by atoms with Crippen LogP contribution in [-0.2, 0) is 5.75 Å². The van der Waals surface area contributed by atoms with E-state index in [2.05, 4.69) is 20.5 Å². The van der Waals surface area contributed by atoms with Crippen molar-refractivity contribution >= 4 is 11.8 Å². The van der Waals surface area contributed by atoms with Gasteiger partial charge in [-0.05, 0) is 35.4 Å². The topological polar surface area (TPSA) is 56.5 Å². The summed E-state index contributed by atoms with van der Waals surface area (Å²) in [5, 5.41) is 12.9. The molecule has 0 atom stereocenters. The van der Waals surface area contributed by atoms with E-state index in [-0.39, 0.29) is 0 Å². The summed E-state index contributed by atoms with van der Waals surface area (Å²) in [7, 11) is 0. The number of thioether (sulfide) groups is 1. The molecule has 5 nitrogen and oxygen atoms in total. The lowest BCUT2D eigenvalue weighted by molar-refractivity contribution is 0.423. The third-order valence-electron chi connectivity index (χ3n) is 3.21. The van der Waals surface area contributed by atoms with Crippen LogP contribution in [0, 0.1) is 0 Å². The molecule has 6 heteroatoms. The van der Waals surface area contributed by atoms with Gasteiger partial charge in [0.2, 0.25) is 5.16 Å². The summed E-state index contributed by atoms with van der Waals surface area (Å²) in [4.78, 5) is 4.31. The van der Waals surface area contributed by atoms with Crippen LogP contribution in [0.4, 0.5) is 0 Å². The first kappa shape index (κ1) is 11.6. The highest BCUT2D eigenvalue weighted by atomic mass is 32.2. The number of hydrogen-bond acceptors (Lipinski definition) is 5. The highest BCUT2D eigenvalue weighted by Crippen LogP contribution is 2.31. The lowest BCUT2D eigenvalue weighted by Gasteiger charge is -2.10. The van der Waals surface area contributed by atoms with Gasteiger partial charge < -0.3 is 0 Å². The first-order chi connectivity index (χ1) is 8.93. The number of hydrogen-bond donors (Lipinski definition) is 0. The van der Waals surface area contributed by atoms with E-state index in [4.69, 9.17) is 0 Å². The van der Waals surface area contributed by atoms with Crippen LogP contribution in [0.3, 0.4) is 0 Å². The van der Waals surface area contributed by atoms with Crippen molar-refractivity contribution in [3.63, 3.8) is 0 Å². The predicted molar refractivity (Wildman–Crippen MR) is 69.1 cm³/mol. The maximum absolute atomic E-state index is 4.31. The van der Waals surface area contributed by atoms with E-state index in [9.17, 15) is 0 Å². The number of nitrogens with zero attached hydrogens (tertiary/aromatic N) is 5. The molecular formula is C12H15N5S. The zero-order valence-corrected chi connectivity index (χ0v) is 10.9. The molecule has 2 aromatic heterocycles. The zero-order chi connectivity index (χ0) is 12.2. The van der Waals surface area contributed by atoms with Crippen molar-refractivity contribution in [2.75, 3.05) is 0 Å². The minimum atomic E-state index is 0.492. The summed E-state index contributed by atoms with van der Waals surface area (Å²) < 4.78 is 1.99. The van der Waals surface area contributed by atoms with Crippen molar-refractivity contribution in [2.24, 2.45) is 0 Å². The Morgan fingerprint density at radius 1 is 1.28 bits per heavy atom. The highest BCUT2D eigenvalue weighted by Gasteiger charge is 2.21. The second-order valence-corrected chi connectivity index (χ2v) is 5.40. The van der Waals surface area contributed by atoms with Crippen LogP contribution in [-0.4, -0.2) is 25.2 Å². The molecule has 18 heavy (non-hydrogen) atoms. The van der Waals surface area contributed by atoms with Gasteiger partial charge in [0.15, 0.2) is 0 Å². The van der Waals surface area contributed by atoms with Gasteiger partial charge in [-0.3, -0.25) is 4.98 Å². The van der Waals surface area contributed by atoms with Gasteiger partial charge in [0, 0.05) is 11.9 Å². The fourth-order valence-corrected chi connectivity index (χ4v) is 3.14. The second-order valence-electron chi connectivity index (χ2n) is 4.45. The molecule has 3 rings (SSSR count). The summed E-state index contributed by atoms with van der Waals surface area (Å²) in [6, 6.07) is 6.45. The Morgan fingerprint density at radius 3 is 2.94 bits per heavy atom. The number of tetrazole rings is 1. The number of pyridine rings is 1. The Morgan fingerprint density at radius 2 is 2.17 bits per heavy atom. The molecular weight excluding hydrogens is 246 g/mol. The summed E-state index contributed by atoms with van der Waals surface area (Å²) in [6.07, 6.45) is 6.78. The van der Waals surface area contributed by atoms with Crippen LogP contribution < -0.4 is 0 Å². The highest BCUT2D eigenvalue weighted by molar-refractivity contribution is 7.98. The molecule has 0 spiro atoms. The van der Waals surface area contributed by atoms with E-state index >= 15 is 0 Å². The lowest BCUT2D eigenvalue weighted by atomic mass is 10.3.